The molecule has 2 aromatic rings. The van der Waals surface area contributed by atoms with Crippen molar-refractivity contribution in [1.82, 2.24) is 24.8 Å². The van der Waals surface area contributed by atoms with Gasteiger partial charge in [-0.15, -0.1) is 0 Å². The van der Waals surface area contributed by atoms with E-state index in [1.165, 1.54) is 5.56 Å². The van der Waals surface area contributed by atoms with Gasteiger partial charge in [0.25, 0.3) is 5.56 Å². The van der Waals surface area contributed by atoms with Crippen LogP contribution < -0.4 is 26.0 Å². The van der Waals surface area contributed by atoms with E-state index in [0.29, 0.717) is 35.4 Å². The first kappa shape index (κ1) is 31.7. The van der Waals surface area contributed by atoms with Gasteiger partial charge in [0.2, 0.25) is 0 Å². The SMILES string of the molecule is COc1ccc(C[C@@]23CCN[C@H]2CC2(CC3)OC[C@H]([C@@H](O)[C@@H](O)Cn3c4nc(=O)[nH]c(=O)c-4nc4cc(C)c(C)cc43)O2)cc1OC. The molecule has 47 heavy (non-hydrogen) atoms. The summed E-state index contributed by atoms with van der Waals surface area (Å²) in [7, 11) is 3.27. The zero-order chi connectivity index (χ0) is 33.1. The molecule has 13 heteroatoms. The van der Waals surface area contributed by atoms with Crippen molar-refractivity contribution >= 4 is 11.0 Å². The van der Waals surface area contributed by atoms with Gasteiger partial charge in [-0.3, -0.25) is 9.78 Å². The van der Waals surface area contributed by atoms with Crippen molar-refractivity contribution in [2.45, 2.75) is 82.6 Å². The molecule has 2 aromatic carbocycles. The van der Waals surface area contributed by atoms with Gasteiger partial charge in [0.05, 0.1) is 38.4 Å². The molecule has 7 rings (SSSR count). The molecular weight excluding hydrogens is 606 g/mol. The molecule has 3 fully saturated rings. The summed E-state index contributed by atoms with van der Waals surface area (Å²) in [6.07, 6.45) is 0.626. The van der Waals surface area contributed by atoms with E-state index in [1.54, 1.807) is 18.8 Å². The first-order valence-electron chi connectivity index (χ1n) is 16.1. The largest absolute Gasteiger partial charge is 0.493 e. The van der Waals surface area contributed by atoms with Crippen LogP contribution in [0.3, 0.4) is 0 Å². The smallest absolute Gasteiger partial charge is 0.349 e. The zero-order valence-corrected chi connectivity index (χ0v) is 27.0. The average Bonchev–Trinajstić information content (AvgIpc) is 3.66. The van der Waals surface area contributed by atoms with Crippen molar-refractivity contribution in [2.24, 2.45) is 5.41 Å². The summed E-state index contributed by atoms with van der Waals surface area (Å²) < 4.78 is 25.3. The Labute approximate surface area is 271 Å². The number of hydrogen-bond donors (Lipinski definition) is 4. The molecule has 5 aliphatic rings. The molecule has 2 saturated heterocycles. The number of H-pyrrole nitrogens is 1. The number of aryl methyl sites for hydroxylation is 2. The van der Waals surface area contributed by atoms with Gasteiger partial charge in [0.1, 0.15) is 18.3 Å². The summed E-state index contributed by atoms with van der Waals surface area (Å²) in [4.78, 5) is 35.5. The number of ether oxygens (including phenoxy) is 4. The highest BCUT2D eigenvalue weighted by molar-refractivity contribution is 5.81. The van der Waals surface area contributed by atoms with Gasteiger partial charge in [-0.2, -0.15) is 4.98 Å². The molecule has 1 aliphatic carbocycles. The van der Waals surface area contributed by atoms with Crippen LogP contribution in [0.1, 0.15) is 42.4 Å². The summed E-state index contributed by atoms with van der Waals surface area (Å²) in [6.45, 7) is 4.74. The highest BCUT2D eigenvalue weighted by Gasteiger charge is 2.56. The lowest BCUT2D eigenvalue weighted by molar-refractivity contribution is -0.216. The molecule has 250 valence electrons. The third kappa shape index (κ3) is 5.59. The summed E-state index contributed by atoms with van der Waals surface area (Å²) >= 11 is 0. The van der Waals surface area contributed by atoms with Gasteiger partial charge >= 0.3 is 5.69 Å². The molecular formula is C34H41N5O8. The van der Waals surface area contributed by atoms with Crippen molar-refractivity contribution in [3.8, 4) is 23.0 Å². The van der Waals surface area contributed by atoms with E-state index >= 15 is 0 Å². The number of aromatic amines is 1. The van der Waals surface area contributed by atoms with Crippen molar-refractivity contribution in [3.63, 3.8) is 0 Å². The lowest BCUT2D eigenvalue weighted by Crippen LogP contribution is -2.52. The molecule has 0 bridgehead atoms. The molecule has 0 aromatic heterocycles. The van der Waals surface area contributed by atoms with Gasteiger partial charge in [-0.1, -0.05) is 6.07 Å². The van der Waals surface area contributed by atoms with Crippen LogP contribution in [0.15, 0.2) is 39.9 Å². The lowest BCUT2D eigenvalue weighted by Gasteiger charge is -2.46. The van der Waals surface area contributed by atoms with Crippen LogP contribution in [0.5, 0.6) is 11.5 Å². The van der Waals surface area contributed by atoms with Gasteiger partial charge in [0, 0.05) is 18.9 Å². The van der Waals surface area contributed by atoms with Gasteiger partial charge in [0.15, 0.2) is 28.8 Å². The molecule has 1 saturated carbocycles. The molecule has 4 aliphatic heterocycles. The fourth-order valence-electron chi connectivity index (χ4n) is 7.79. The molecule has 1 spiro atoms. The lowest BCUT2D eigenvalue weighted by atomic mass is 9.65. The molecule has 1 unspecified atom stereocenters. The Morgan fingerprint density at radius 2 is 1.83 bits per heavy atom. The Morgan fingerprint density at radius 1 is 1.04 bits per heavy atom. The maximum absolute atomic E-state index is 12.7. The second kappa shape index (κ2) is 12.0. The quantitative estimate of drug-likeness (QED) is 0.206. The van der Waals surface area contributed by atoms with E-state index in [2.05, 4.69) is 26.3 Å². The Hall–Kier alpha value is -3.88. The highest BCUT2D eigenvalue weighted by Crippen LogP contribution is 2.52. The van der Waals surface area contributed by atoms with Crippen LogP contribution in [0.4, 0.5) is 0 Å². The first-order chi connectivity index (χ1) is 22.5. The van der Waals surface area contributed by atoms with E-state index < -0.39 is 35.3 Å². The molecule has 4 heterocycles. The molecule has 0 radical (unpaired) electrons. The monoisotopic (exact) mass is 647 g/mol. The standard InChI is InChI=1S/C34H41N5O8/c1-18-11-21-22(12-19(18)2)39(30-28(36-21)31(42)38-32(43)37-30)16-23(40)29(41)26-17-46-34(47-26)8-7-33(9-10-35-27(33)15-34)14-20-5-6-24(44-3)25(13-20)45-4/h5-6,11-13,23,26-27,29,35,40-41H,7-10,14-17H2,1-4H3,(H,38,42,43)/t23-,26+,27-,29-,33+,34?/m0/s1. The number of benzene rings is 2. The summed E-state index contributed by atoms with van der Waals surface area (Å²) in [5.41, 5.74) is 2.72. The molecule has 6 atom stereocenters. The van der Waals surface area contributed by atoms with Crippen LogP contribution in [0.2, 0.25) is 0 Å². The maximum Gasteiger partial charge on any atom is 0.349 e. The third-order valence-electron chi connectivity index (χ3n) is 10.5. The Morgan fingerprint density at radius 3 is 2.62 bits per heavy atom. The minimum absolute atomic E-state index is 0.0234. The van der Waals surface area contributed by atoms with Crippen LogP contribution in [0, 0.1) is 19.3 Å². The number of nitrogens with zero attached hydrogens (tertiary/aromatic N) is 3. The topological polar surface area (TPSA) is 170 Å². The summed E-state index contributed by atoms with van der Waals surface area (Å²) in [5, 5.41) is 26.5. The minimum atomic E-state index is -1.33. The number of aromatic nitrogens is 4. The van der Waals surface area contributed by atoms with Gasteiger partial charge in [-0.05, 0) is 86.0 Å². The Bertz CT molecular complexity index is 1910. The third-order valence-corrected chi connectivity index (χ3v) is 10.5. The van der Waals surface area contributed by atoms with Crippen LogP contribution in [0.25, 0.3) is 22.6 Å². The van der Waals surface area contributed by atoms with E-state index in [4.69, 9.17) is 18.9 Å². The van der Waals surface area contributed by atoms with Crippen LogP contribution in [-0.4, -0.2) is 87.2 Å². The van der Waals surface area contributed by atoms with Crippen LogP contribution in [-0.2, 0) is 22.4 Å². The van der Waals surface area contributed by atoms with Crippen molar-refractivity contribution in [3.05, 3.63) is 67.9 Å². The van der Waals surface area contributed by atoms with Crippen molar-refractivity contribution < 1.29 is 29.2 Å². The number of aliphatic hydroxyl groups is 2. The number of aliphatic hydroxyl groups excluding tert-OH is 2. The maximum atomic E-state index is 12.7. The number of nitrogens with one attached hydrogen (secondary N) is 2. The number of fused-ring (bicyclic) bond motifs is 3. The number of methoxy groups -OCH3 is 2. The fraction of sp³-hybridized carbons (Fsp3) is 0.529. The van der Waals surface area contributed by atoms with E-state index in [1.807, 2.05) is 38.1 Å². The van der Waals surface area contributed by atoms with E-state index in [-0.39, 0.29) is 36.1 Å². The normalized spacial score (nSPS) is 26.9. The number of rotatable bonds is 8. The fourth-order valence-corrected chi connectivity index (χ4v) is 7.79. The van der Waals surface area contributed by atoms with Gasteiger partial charge < -0.3 is 39.0 Å². The predicted octanol–water partition coefficient (Wildman–Crippen LogP) is 1.83. The minimum Gasteiger partial charge on any atom is -0.493 e. The number of hydrogen-bond acceptors (Lipinski definition) is 11. The Balaban J connectivity index is 1.09. The molecule has 13 nitrogen and oxygen atoms in total. The zero-order valence-electron chi connectivity index (χ0n) is 27.0. The van der Waals surface area contributed by atoms with E-state index in [0.717, 1.165) is 36.9 Å². The van der Waals surface area contributed by atoms with Crippen molar-refractivity contribution in [1.29, 1.82) is 0 Å². The van der Waals surface area contributed by atoms with E-state index in [9.17, 15) is 19.8 Å². The van der Waals surface area contributed by atoms with Crippen molar-refractivity contribution in [2.75, 3.05) is 27.4 Å². The Kier molecular flexibility index (Phi) is 8.08. The average molecular weight is 648 g/mol. The second-order valence-electron chi connectivity index (χ2n) is 13.3. The molecule has 0 amide bonds. The predicted molar refractivity (Wildman–Crippen MR) is 172 cm³/mol. The second-order valence-corrected chi connectivity index (χ2v) is 13.3. The molecule has 4 N–H and O–H groups in total. The summed E-state index contributed by atoms with van der Waals surface area (Å²) in [5.74, 6) is 0.567. The summed E-state index contributed by atoms with van der Waals surface area (Å²) in [6, 6.07) is 9.94. The van der Waals surface area contributed by atoms with Gasteiger partial charge in [-0.25, -0.2) is 9.78 Å². The highest BCUT2D eigenvalue weighted by atomic mass is 16.7. The first-order valence-corrected chi connectivity index (χ1v) is 16.1. The van der Waals surface area contributed by atoms with Crippen LogP contribution >= 0.6 is 0 Å².